The molecule has 0 unspecified atom stereocenters. The summed E-state index contributed by atoms with van der Waals surface area (Å²) in [7, 11) is 6.71. The molecule has 8 rings (SSSR count). The van der Waals surface area contributed by atoms with Crippen molar-refractivity contribution in [2.45, 2.75) is 5.11 Å². The molecule has 1 heterocycles. The molecule has 0 saturated heterocycles. The fourth-order valence-electron chi connectivity index (χ4n) is 6.81. The Bertz CT molecular complexity index is 2350. The van der Waals surface area contributed by atoms with Crippen molar-refractivity contribution < 1.29 is 0 Å². The highest BCUT2D eigenvalue weighted by molar-refractivity contribution is 6.58. The summed E-state index contributed by atoms with van der Waals surface area (Å²) in [5, 5.41) is 4.88. The molecule has 0 aliphatic rings. The van der Waals surface area contributed by atoms with Crippen molar-refractivity contribution in [1.29, 1.82) is 0 Å². The van der Waals surface area contributed by atoms with Crippen LogP contribution in [0.15, 0.2) is 152 Å². The molecule has 0 saturated carbocycles. The maximum atomic E-state index is 5.11. The largest absolute Gasteiger partial charge is 0.298 e. The molecular weight excluding hydrogens is 541 g/mol. The van der Waals surface area contributed by atoms with Crippen molar-refractivity contribution in [2.75, 3.05) is 0 Å². The Labute approximate surface area is 266 Å². The van der Waals surface area contributed by atoms with E-state index in [-0.39, 0.29) is 5.11 Å². The molecular formula is C40H31B3N2. The van der Waals surface area contributed by atoms with Gasteiger partial charge in [0.1, 0.15) is 0 Å². The van der Waals surface area contributed by atoms with E-state index >= 15 is 0 Å². The van der Waals surface area contributed by atoms with Gasteiger partial charge in [-0.3, -0.25) is 4.57 Å². The van der Waals surface area contributed by atoms with Crippen molar-refractivity contribution >= 4 is 56.1 Å². The normalized spacial score (nSPS) is 11.8. The number of para-hydroxylation sites is 2. The highest BCUT2D eigenvalue weighted by Gasteiger charge is 2.24. The fraction of sp³-hybridized carbons (Fsp3) is 0.0250. The number of nitrogens with zero attached hydrogens (tertiary/aromatic N) is 2. The topological polar surface area (TPSA) is 17.8 Å². The van der Waals surface area contributed by atoms with Gasteiger partial charge in [0.15, 0.2) is 0 Å². The molecule has 1 aromatic heterocycles. The third-order valence-corrected chi connectivity index (χ3v) is 8.82. The van der Waals surface area contributed by atoms with Crippen LogP contribution in [-0.4, -0.2) is 33.1 Å². The molecule has 0 aliphatic heterocycles. The van der Waals surface area contributed by atoms with Gasteiger partial charge in [-0.15, -0.1) is 0 Å². The lowest BCUT2D eigenvalue weighted by Crippen LogP contribution is -2.31. The molecule has 0 N–H and O–H groups in total. The second kappa shape index (κ2) is 10.7. The molecule has 7 aromatic carbocycles. The molecule has 8 aromatic rings. The fourth-order valence-corrected chi connectivity index (χ4v) is 6.81. The lowest BCUT2D eigenvalue weighted by molar-refractivity contribution is 0.930. The first kappa shape index (κ1) is 27.3. The quantitative estimate of drug-likeness (QED) is 0.156. The lowest BCUT2D eigenvalue weighted by atomic mass is 9.42. The number of hydrogen-bond donors (Lipinski definition) is 0. The van der Waals surface area contributed by atoms with Gasteiger partial charge in [0.2, 0.25) is 0 Å². The third-order valence-electron chi connectivity index (χ3n) is 8.82. The first-order valence-corrected chi connectivity index (χ1v) is 15.7. The molecule has 2 nitrogen and oxygen atoms in total. The van der Waals surface area contributed by atoms with Crippen molar-refractivity contribution in [3.8, 4) is 39.1 Å². The third kappa shape index (κ3) is 4.67. The SMILES string of the molecule is BC(B)(B)c1nc2ccccc2n1-c1cccc(-c2c3ccccc3c(-c3ccccc3)c3cc(-c4ccccc4)ccc23)c1. The van der Waals surface area contributed by atoms with Crippen LogP contribution in [0.5, 0.6) is 0 Å². The van der Waals surface area contributed by atoms with Gasteiger partial charge in [-0.2, -0.15) is 0 Å². The van der Waals surface area contributed by atoms with Gasteiger partial charge in [0.05, 0.1) is 40.4 Å². The van der Waals surface area contributed by atoms with E-state index in [1.165, 1.54) is 54.9 Å². The van der Waals surface area contributed by atoms with E-state index in [2.05, 4.69) is 180 Å². The van der Waals surface area contributed by atoms with Crippen molar-refractivity contribution in [3.63, 3.8) is 0 Å². The van der Waals surface area contributed by atoms with Crippen LogP contribution in [0, 0.1) is 0 Å². The van der Waals surface area contributed by atoms with Crippen LogP contribution in [0.2, 0.25) is 0 Å². The summed E-state index contributed by atoms with van der Waals surface area (Å²) in [6.07, 6.45) is 0. The molecule has 0 radical (unpaired) electrons. The summed E-state index contributed by atoms with van der Waals surface area (Å²) in [5.41, 5.74) is 10.6. The van der Waals surface area contributed by atoms with Crippen molar-refractivity contribution in [1.82, 2.24) is 9.55 Å². The minimum absolute atomic E-state index is 0.125. The van der Waals surface area contributed by atoms with Gasteiger partial charge >= 0.3 is 0 Å². The lowest BCUT2D eigenvalue weighted by Gasteiger charge is -2.22. The smallest absolute Gasteiger partial charge is 0.0994 e. The monoisotopic (exact) mass is 572 g/mol. The Kier molecular flexibility index (Phi) is 6.50. The summed E-state index contributed by atoms with van der Waals surface area (Å²) in [6.45, 7) is 0. The average Bonchev–Trinajstić information content (AvgIpc) is 3.48. The molecule has 0 amide bonds. The van der Waals surface area contributed by atoms with Gasteiger partial charge in [0, 0.05) is 5.69 Å². The predicted octanol–water partition coefficient (Wildman–Crippen LogP) is 7.34. The number of benzene rings is 7. The van der Waals surface area contributed by atoms with Crippen LogP contribution in [-0.2, 0) is 5.11 Å². The Morgan fingerprint density at radius 3 is 1.73 bits per heavy atom. The Balaban J connectivity index is 1.45. The highest BCUT2D eigenvalue weighted by atomic mass is 15.1. The van der Waals surface area contributed by atoms with E-state index in [4.69, 9.17) is 4.98 Å². The maximum absolute atomic E-state index is 5.11. The van der Waals surface area contributed by atoms with Gasteiger partial charge in [-0.05, 0) is 85.3 Å². The van der Waals surface area contributed by atoms with E-state index in [1.54, 1.807) is 0 Å². The summed E-state index contributed by atoms with van der Waals surface area (Å²) in [4.78, 5) is 5.11. The van der Waals surface area contributed by atoms with Crippen LogP contribution in [0.25, 0.3) is 71.6 Å². The van der Waals surface area contributed by atoms with E-state index in [0.29, 0.717) is 0 Å². The van der Waals surface area contributed by atoms with Crippen LogP contribution in [0.3, 0.4) is 0 Å². The minimum Gasteiger partial charge on any atom is -0.298 e. The van der Waals surface area contributed by atoms with Crippen LogP contribution < -0.4 is 0 Å². The zero-order chi connectivity index (χ0) is 30.5. The minimum atomic E-state index is -0.125. The van der Waals surface area contributed by atoms with Crippen LogP contribution >= 0.6 is 0 Å². The zero-order valence-electron chi connectivity index (χ0n) is 25.8. The maximum Gasteiger partial charge on any atom is 0.0994 e. The first-order valence-electron chi connectivity index (χ1n) is 15.7. The number of aromatic nitrogens is 2. The highest BCUT2D eigenvalue weighted by Crippen LogP contribution is 2.45. The molecule has 45 heavy (non-hydrogen) atoms. The number of hydrogen-bond acceptors (Lipinski definition) is 1. The zero-order valence-corrected chi connectivity index (χ0v) is 25.8. The Morgan fingerprint density at radius 2 is 1.02 bits per heavy atom. The molecule has 210 valence electrons. The van der Waals surface area contributed by atoms with E-state index in [9.17, 15) is 0 Å². The number of fused-ring (bicyclic) bond motifs is 3. The van der Waals surface area contributed by atoms with Crippen molar-refractivity contribution in [2.24, 2.45) is 0 Å². The second-order valence-corrected chi connectivity index (χ2v) is 12.8. The molecule has 5 heteroatoms. The van der Waals surface area contributed by atoms with Gasteiger partial charge in [0.25, 0.3) is 0 Å². The second-order valence-electron chi connectivity index (χ2n) is 12.8. The summed E-state index contributed by atoms with van der Waals surface area (Å²) >= 11 is 0. The van der Waals surface area contributed by atoms with Crippen LogP contribution in [0.1, 0.15) is 5.82 Å². The van der Waals surface area contributed by atoms with Gasteiger partial charge < -0.3 is 0 Å². The van der Waals surface area contributed by atoms with E-state index < -0.39 is 0 Å². The van der Waals surface area contributed by atoms with Gasteiger partial charge in [-0.1, -0.05) is 126 Å². The Hall–Kier alpha value is -5.28. The number of imidazole rings is 1. The molecule has 0 spiro atoms. The summed E-state index contributed by atoms with van der Waals surface area (Å²) < 4.78 is 2.34. The molecule has 0 fully saturated rings. The van der Waals surface area contributed by atoms with Crippen LogP contribution in [0.4, 0.5) is 0 Å². The van der Waals surface area contributed by atoms with Gasteiger partial charge in [-0.25, -0.2) is 4.98 Å². The summed E-state index contributed by atoms with van der Waals surface area (Å²) in [6, 6.07) is 54.8. The van der Waals surface area contributed by atoms with E-state index in [0.717, 1.165) is 22.5 Å². The van der Waals surface area contributed by atoms with E-state index in [1.807, 2.05) is 0 Å². The Morgan fingerprint density at radius 1 is 0.444 bits per heavy atom. The molecule has 0 atom stereocenters. The number of rotatable bonds is 5. The molecule has 0 aliphatic carbocycles. The molecule has 0 bridgehead atoms. The van der Waals surface area contributed by atoms with Crippen molar-refractivity contribution in [3.05, 3.63) is 157 Å². The first-order chi connectivity index (χ1) is 22.0. The summed E-state index contributed by atoms with van der Waals surface area (Å²) in [5.74, 6) is 1.06. The standard InChI is InChI=1S/C40H31B3N2/c41-40(42,43)39-44-35-20-9-10-21-36(35)45(39)30-17-11-16-29(24-30)38-32-19-8-7-18-31(32)37(27-14-5-2-6-15-27)34-25-28(22-23-33(34)38)26-12-3-1-4-13-26/h1-25H,41-43H2. The predicted molar refractivity (Wildman–Crippen MR) is 200 cm³/mol. The average molecular weight is 572 g/mol.